The van der Waals surface area contributed by atoms with Gasteiger partial charge in [-0.15, -0.1) is 0 Å². The maximum Gasteiger partial charge on any atom is 0.152 e. The van der Waals surface area contributed by atoms with Crippen molar-refractivity contribution in [1.82, 2.24) is 4.98 Å². The third-order valence-electron chi connectivity index (χ3n) is 2.89. The van der Waals surface area contributed by atoms with E-state index in [9.17, 15) is 8.42 Å². The van der Waals surface area contributed by atoms with Gasteiger partial charge < -0.3 is 5.73 Å². The molecule has 1 aliphatic heterocycles. The van der Waals surface area contributed by atoms with E-state index in [0.717, 1.165) is 5.56 Å². The molecule has 0 radical (unpaired) electrons. The molecular formula is C10H14N2O2S. The molecule has 2 rings (SSSR count). The van der Waals surface area contributed by atoms with Crippen LogP contribution >= 0.6 is 0 Å². The molecule has 0 bridgehead atoms. The van der Waals surface area contributed by atoms with Gasteiger partial charge in [-0.3, -0.25) is 4.98 Å². The lowest BCUT2D eigenvalue weighted by atomic mass is 9.81. The van der Waals surface area contributed by atoms with Gasteiger partial charge in [0.1, 0.15) is 0 Å². The lowest BCUT2D eigenvalue weighted by Crippen LogP contribution is -2.53. The van der Waals surface area contributed by atoms with Gasteiger partial charge in [-0.05, 0) is 24.6 Å². The maximum atomic E-state index is 11.3. The summed E-state index contributed by atoms with van der Waals surface area (Å²) in [7, 11) is -2.84. The topological polar surface area (TPSA) is 73.0 Å². The molecule has 82 valence electrons. The summed E-state index contributed by atoms with van der Waals surface area (Å²) in [5, 5.41) is 0. The molecule has 2 heterocycles. The number of rotatable bonds is 3. The Morgan fingerprint density at radius 3 is 2.67 bits per heavy atom. The molecule has 0 unspecified atom stereocenters. The smallest absolute Gasteiger partial charge is 0.152 e. The fraction of sp³-hybridized carbons (Fsp3) is 0.500. The SMILES string of the molecule is NCCC1(c2cccnc2)CS(=O)(=O)C1. The number of hydrogen-bond acceptors (Lipinski definition) is 4. The van der Waals surface area contributed by atoms with Crippen LogP contribution in [-0.2, 0) is 15.3 Å². The third kappa shape index (κ3) is 1.89. The van der Waals surface area contributed by atoms with Gasteiger partial charge in [-0.2, -0.15) is 0 Å². The van der Waals surface area contributed by atoms with Gasteiger partial charge in [0.25, 0.3) is 0 Å². The Balaban J connectivity index is 2.30. The van der Waals surface area contributed by atoms with Crippen molar-refractivity contribution in [2.24, 2.45) is 5.73 Å². The van der Waals surface area contributed by atoms with Gasteiger partial charge in [0.05, 0.1) is 11.5 Å². The lowest BCUT2D eigenvalue weighted by molar-refractivity contribution is 0.432. The molecule has 0 aliphatic carbocycles. The van der Waals surface area contributed by atoms with Gasteiger partial charge in [0.2, 0.25) is 0 Å². The van der Waals surface area contributed by atoms with E-state index in [4.69, 9.17) is 5.73 Å². The normalized spacial score (nSPS) is 21.9. The molecule has 0 saturated carbocycles. The largest absolute Gasteiger partial charge is 0.330 e. The van der Waals surface area contributed by atoms with Crippen molar-refractivity contribution >= 4 is 9.84 Å². The molecule has 2 N–H and O–H groups in total. The summed E-state index contributed by atoms with van der Waals surface area (Å²) in [6.07, 6.45) is 4.13. The summed E-state index contributed by atoms with van der Waals surface area (Å²) in [5.74, 6) is 0.422. The minimum Gasteiger partial charge on any atom is -0.330 e. The first-order valence-electron chi connectivity index (χ1n) is 4.89. The number of aromatic nitrogens is 1. The first-order valence-corrected chi connectivity index (χ1v) is 6.71. The van der Waals surface area contributed by atoms with Crippen molar-refractivity contribution in [2.45, 2.75) is 11.8 Å². The predicted octanol–water partition coefficient (Wildman–Crippen LogP) is 0.0966. The first kappa shape index (κ1) is 10.6. The zero-order chi connectivity index (χ0) is 10.9. The van der Waals surface area contributed by atoms with Gasteiger partial charge in [-0.1, -0.05) is 6.07 Å². The van der Waals surface area contributed by atoms with E-state index in [1.54, 1.807) is 12.4 Å². The molecule has 1 aromatic rings. The van der Waals surface area contributed by atoms with Crippen molar-refractivity contribution in [2.75, 3.05) is 18.1 Å². The lowest BCUT2D eigenvalue weighted by Gasteiger charge is -2.41. The summed E-state index contributed by atoms with van der Waals surface area (Å²) in [6.45, 7) is 0.504. The second-order valence-electron chi connectivity index (χ2n) is 4.09. The Bertz CT molecular complexity index is 430. The number of nitrogens with zero attached hydrogens (tertiary/aromatic N) is 1. The van der Waals surface area contributed by atoms with Crippen molar-refractivity contribution in [3.63, 3.8) is 0 Å². The van der Waals surface area contributed by atoms with Crippen LogP contribution < -0.4 is 5.73 Å². The fourth-order valence-electron chi connectivity index (χ4n) is 2.21. The van der Waals surface area contributed by atoms with Crippen LogP contribution in [0.2, 0.25) is 0 Å². The number of hydrogen-bond donors (Lipinski definition) is 1. The molecule has 0 atom stereocenters. The van der Waals surface area contributed by atoms with E-state index in [1.165, 1.54) is 0 Å². The zero-order valence-corrected chi connectivity index (χ0v) is 9.20. The van der Waals surface area contributed by atoms with E-state index < -0.39 is 9.84 Å². The van der Waals surface area contributed by atoms with Crippen LogP contribution in [0.15, 0.2) is 24.5 Å². The highest BCUT2D eigenvalue weighted by Crippen LogP contribution is 2.38. The highest BCUT2D eigenvalue weighted by atomic mass is 32.2. The molecule has 4 nitrogen and oxygen atoms in total. The second-order valence-corrected chi connectivity index (χ2v) is 6.16. The molecule has 15 heavy (non-hydrogen) atoms. The molecule has 1 saturated heterocycles. The minimum atomic E-state index is -2.84. The molecule has 1 fully saturated rings. The van der Waals surface area contributed by atoms with Crippen LogP contribution in [0.4, 0.5) is 0 Å². The quantitative estimate of drug-likeness (QED) is 0.793. The monoisotopic (exact) mass is 226 g/mol. The van der Waals surface area contributed by atoms with Gasteiger partial charge >= 0.3 is 0 Å². The van der Waals surface area contributed by atoms with Crippen LogP contribution in [0.1, 0.15) is 12.0 Å². The van der Waals surface area contributed by atoms with E-state index in [0.29, 0.717) is 13.0 Å². The molecule has 0 spiro atoms. The zero-order valence-electron chi connectivity index (χ0n) is 8.39. The van der Waals surface area contributed by atoms with Gasteiger partial charge in [0.15, 0.2) is 9.84 Å². The third-order valence-corrected chi connectivity index (χ3v) is 4.87. The molecule has 1 aromatic heterocycles. The van der Waals surface area contributed by atoms with Crippen LogP contribution in [0, 0.1) is 0 Å². The average molecular weight is 226 g/mol. The maximum absolute atomic E-state index is 11.3. The van der Waals surface area contributed by atoms with E-state index in [-0.39, 0.29) is 16.9 Å². The second kappa shape index (κ2) is 3.57. The number of nitrogens with two attached hydrogens (primary N) is 1. The summed E-state index contributed by atoms with van der Waals surface area (Å²) < 4.78 is 22.6. The molecule has 1 aliphatic rings. The minimum absolute atomic E-state index is 0.211. The van der Waals surface area contributed by atoms with Crippen LogP contribution in [0.3, 0.4) is 0 Å². The summed E-state index contributed by atoms with van der Waals surface area (Å²) >= 11 is 0. The predicted molar refractivity (Wildman–Crippen MR) is 58.2 cm³/mol. The summed E-state index contributed by atoms with van der Waals surface area (Å²) in [4.78, 5) is 4.03. The highest BCUT2D eigenvalue weighted by molar-refractivity contribution is 7.93. The Kier molecular flexibility index (Phi) is 2.52. The molecule has 0 aromatic carbocycles. The summed E-state index contributed by atoms with van der Waals surface area (Å²) in [5.41, 5.74) is 6.25. The Hall–Kier alpha value is -0.940. The van der Waals surface area contributed by atoms with Gasteiger partial charge in [0, 0.05) is 17.8 Å². The highest BCUT2D eigenvalue weighted by Gasteiger charge is 2.48. The van der Waals surface area contributed by atoms with Crippen molar-refractivity contribution < 1.29 is 8.42 Å². The average Bonchev–Trinajstić information content (AvgIpc) is 2.16. The number of sulfone groups is 1. The first-order chi connectivity index (χ1) is 7.08. The van der Waals surface area contributed by atoms with Crippen molar-refractivity contribution in [1.29, 1.82) is 0 Å². The van der Waals surface area contributed by atoms with E-state index in [2.05, 4.69) is 4.98 Å². The Morgan fingerprint density at radius 1 is 1.47 bits per heavy atom. The van der Waals surface area contributed by atoms with Crippen molar-refractivity contribution in [3.05, 3.63) is 30.1 Å². The summed E-state index contributed by atoms with van der Waals surface area (Å²) in [6, 6.07) is 3.76. The Labute approximate surface area is 89.4 Å². The van der Waals surface area contributed by atoms with E-state index >= 15 is 0 Å². The van der Waals surface area contributed by atoms with Crippen LogP contribution in [0.25, 0.3) is 0 Å². The van der Waals surface area contributed by atoms with Gasteiger partial charge in [-0.25, -0.2) is 8.42 Å². The van der Waals surface area contributed by atoms with E-state index in [1.807, 2.05) is 12.1 Å². The standard InChI is InChI=1S/C10H14N2O2S/c11-4-3-10(7-15(13,14)8-10)9-2-1-5-12-6-9/h1-2,5-6H,3-4,7-8,11H2. The fourth-order valence-corrected chi connectivity index (χ4v) is 4.43. The Morgan fingerprint density at radius 2 is 2.20 bits per heavy atom. The molecule has 0 amide bonds. The van der Waals surface area contributed by atoms with Crippen LogP contribution in [0.5, 0.6) is 0 Å². The van der Waals surface area contributed by atoms with Crippen molar-refractivity contribution in [3.8, 4) is 0 Å². The number of pyridine rings is 1. The van der Waals surface area contributed by atoms with Crippen LogP contribution in [-0.4, -0.2) is 31.5 Å². The molecular weight excluding hydrogens is 212 g/mol. The molecule has 5 heteroatoms.